The van der Waals surface area contributed by atoms with Gasteiger partial charge in [-0.15, -0.1) is 0 Å². The SMILES string of the molecule is NNC(=O)N/N=C1/C(=O)N(c2ccc(Cl)c(Cl)c2)C(=O)C(=O)C1c1nc2ccccc2o1. The molecule has 1 aromatic heterocycles. The van der Waals surface area contributed by atoms with Gasteiger partial charge in [0.2, 0.25) is 11.7 Å². The third-order valence-electron chi connectivity index (χ3n) is 4.50. The number of nitrogens with one attached hydrogen (secondary N) is 2. The number of nitrogens with zero attached hydrogens (tertiary/aromatic N) is 3. The third kappa shape index (κ3) is 3.68. The number of nitrogens with two attached hydrogens (primary N) is 1. The molecular weight excluding hydrogens is 463 g/mol. The Hall–Kier alpha value is -3.80. The number of carbonyl (C=O) groups is 4. The average Bonchev–Trinajstić information content (AvgIpc) is 3.21. The van der Waals surface area contributed by atoms with E-state index in [0.29, 0.717) is 16.0 Å². The number of fused-ring (bicyclic) bond motifs is 1. The Morgan fingerprint density at radius 2 is 1.84 bits per heavy atom. The molecule has 1 aliphatic rings. The van der Waals surface area contributed by atoms with Gasteiger partial charge in [0.05, 0.1) is 15.7 Å². The minimum Gasteiger partial charge on any atom is -0.439 e. The molecule has 0 saturated carbocycles. The molecule has 3 aromatic rings. The summed E-state index contributed by atoms with van der Waals surface area (Å²) in [5, 5.41) is 3.95. The number of imide groups is 1. The minimum atomic E-state index is -1.60. The maximum absolute atomic E-state index is 13.3. The summed E-state index contributed by atoms with van der Waals surface area (Å²) in [6.07, 6.45) is 0. The Morgan fingerprint density at radius 1 is 1.09 bits per heavy atom. The van der Waals surface area contributed by atoms with Crippen molar-refractivity contribution in [3.8, 4) is 0 Å². The van der Waals surface area contributed by atoms with Crippen LogP contribution in [0.2, 0.25) is 10.0 Å². The molecule has 11 nitrogen and oxygen atoms in total. The zero-order valence-electron chi connectivity index (χ0n) is 15.8. The van der Waals surface area contributed by atoms with Gasteiger partial charge in [-0.2, -0.15) is 5.10 Å². The number of benzene rings is 2. The number of para-hydroxylation sites is 2. The largest absolute Gasteiger partial charge is 0.439 e. The number of rotatable bonds is 3. The van der Waals surface area contributed by atoms with Crippen LogP contribution in [0, 0.1) is 0 Å². The Kier molecular flexibility index (Phi) is 5.61. The molecule has 2 heterocycles. The summed E-state index contributed by atoms with van der Waals surface area (Å²) < 4.78 is 5.59. The molecule has 1 unspecified atom stereocenters. The van der Waals surface area contributed by atoms with Crippen molar-refractivity contribution in [2.24, 2.45) is 10.9 Å². The first-order chi connectivity index (χ1) is 15.3. The number of hydrazone groups is 1. The van der Waals surface area contributed by atoms with Gasteiger partial charge in [-0.25, -0.2) is 25.9 Å². The molecule has 0 bridgehead atoms. The molecule has 0 spiro atoms. The summed E-state index contributed by atoms with van der Waals surface area (Å²) in [6, 6.07) is 9.56. The molecule has 162 valence electrons. The number of hydrogen-bond acceptors (Lipinski definition) is 8. The highest BCUT2D eigenvalue weighted by atomic mass is 35.5. The maximum Gasteiger partial charge on any atom is 0.349 e. The first-order valence-electron chi connectivity index (χ1n) is 8.89. The van der Waals surface area contributed by atoms with E-state index in [1.165, 1.54) is 18.2 Å². The highest BCUT2D eigenvalue weighted by molar-refractivity contribution is 6.67. The van der Waals surface area contributed by atoms with E-state index < -0.39 is 35.3 Å². The fraction of sp³-hybridized carbons (Fsp3) is 0.0526. The summed E-state index contributed by atoms with van der Waals surface area (Å²) in [5.74, 6) is -0.0472. The minimum absolute atomic E-state index is 0.0188. The van der Waals surface area contributed by atoms with Gasteiger partial charge in [0.1, 0.15) is 11.2 Å². The van der Waals surface area contributed by atoms with E-state index in [4.69, 9.17) is 33.5 Å². The summed E-state index contributed by atoms with van der Waals surface area (Å²) >= 11 is 11.9. The molecule has 1 saturated heterocycles. The second-order valence-electron chi connectivity index (χ2n) is 6.44. The highest BCUT2D eigenvalue weighted by Crippen LogP contribution is 2.33. The number of halogens is 2. The Labute approximate surface area is 189 Å². The quantitative estimate of drug-likeness (QED) is 0.171. The fourth-order valence-corrected chi connectivity index (χ4v) is 3.34. The Balaban J connectivity index is 1.84. The van der Waals surface area contributed by atoms with Gasteiger partial charge in [0, 0.05) is 0 Å². The van der Waals surface area contributed by atoms with Gasteiger partial charge >= 0.3 is 11.9 Å². The molecule has 1 fully saturated rings. The molecule has 1 atom stereocenters. The van der Waals surface area contributed by atoms with Crippen LogP contribution in [0.15, 0.2) is 52.0 Å². The number of urea groups is 1. The highest BCUT2D eigenvalue weighted by Gasteiger charge is 2.49. The third-order valence-corrected chi connectivity index (χ3v) is 5.24. The number of aromatic nitrogens is 1. The molecule has 4 rings (SSSR count). The maximum atomic E-state index is 13.3. The standard InChI is InChI=1S/C19H12Cl2N6O5/c20-9-6-5-8(7-10(9)21)27-17(29)14(25-26-19(31)24-22)13(15(28)18(27)30)16-23-11-3-1-2-4-12(11)32-16/h1-7,13H,22H2,(H2,24,26,31)/b25-14+. The van der Waals surface area contributed by atoms with E-state index in [1.54, 1.807) is 29.7 Å². The number of anilines is 1. The lowest BCUT2D eigenvalue weighted by Gasteiger charge is -2.28. The number of Topliss-reactive ketones (excluding diaryl/α,β-unsaturated/α-hetero) is 1. The topological polar surface area (TPSA) is 160 Å². The van der Waals surface area contributed by atoms with Crippen molar-refractivity contribution in [3.63, 3.8) is 0 Å². The van der Waals surface area contributed by atoms with Crippen molar-refractivity contribution >= 4 is 69.3 Å². The van der Waals surface area contributed by atoms with E-state index in [1.807, 2.05) is 5.43 Å². The Morgan fingerprint density at radius 3 is 2.53 bits per heavy atom. The fourth-order valence-electron chi connectivity index (χ4n) is 3.04. The van der Waals surface area contributed by atoms with Crippen LogP contribution in [0.1, 0.15) is 11.8 Å². The van der Waals surface area contributed by atoms with Crippen molar-refractivity contribution in [1.82, 2.24) is 15.8 Å². The monoisotopic (exact) mass is 474 g/mol. The lowest BCUT2D eigenvalue weighted by Crippen LogP contribution is -2.55. The van der Waals surface area contributed by atoms with Crippen LogP contribution in [0.4, 0.5) is 10.5 Å². The molecule has 1 aliphatic heterocycles. The van der Waals surface area contributed by atoms with Gasteiger partial charge in [0.15, 0.2) is 11.5 Å². The number of hydrogen-bond donors (Lipinski definition) is 3. The molecule has 32 heavy (non-hydrogen) atoms. The summed E-state index contributed by atoms with van der Waals surface area (Å²) in [4.78, 5) is 55.5. The summed E-state index contributed by atoms with van der Waals surface area (Å²) in [6.45, 7) is 0. The number of carbonyl (C=O) groups excluding carboxylic acids is 4. The molecule has 0 aliphatic carbocycles. The molecule has 13 heteroatoms. The van der Waals surface area contributed by atoms with Crippen molar-refractivity contribution in [2.75, 3.05) is 4.90 Å². The van der Waals surface area contributed by atoms with E-state index in [0.717, 1.165) is 0 Å². The zero-order valence-corrected chi connectivity index (χ0v) is 17.3. The number of piperidine rings is 1. The van der Waals surface area contributed by atoms with Gasteiger partial charge in [-0.05, 0) is 30.3 Å². The van der Waals surface area contributed by atoms with E-state index in [2.05, 4.69) is 10.1 Å². The zero-order chi connectivity index (χ0) is 23.0. The van der Waals surface area contributed by atoms with Crippen LogP contribution in [-0.2, 0) is 14.4 Å². The number of ketones is 1. The van der Waals surface area contributed by atoms with Crippen molar-refractivity contribution in [2.45, 2.75) is 5.92 Å². The second-order valence-corrected chi connectivity index (χ2v) is 7.26. The average molecular weight is 475 g/mol. The normalized spacial score (nSPS) is 17.8. The van der Waals surface area contributed by atoms with Gasteiger partial charge < -0.3 is 4.42 Å². The van der Waals surface area contributed by atoms with Gasteiger partial charge in [-0.1, -0.05) is 35.3 Å². The van der Waals surface area contributed by atoms with Crippen LogP contribution < -0.4 is 21.6 Å². The van der Waals surface area contributed by atoms with Crippen LogP contribution in [0.3, 0.4) is 0 Å². The predicted molar refractivity (Wildman–Crippen MR) is 114 cm³/mol. The number of amides is 4. The first-order valence-corrected chi connectivity index (χ1v) is 9.64. The molecule has 4 N–H and O–H groups in total. The van der Waals surface area contributed by atoms with Crippen LogP contribution in [0.5, 0.6) is 0 Å². The van der Waals surface area contributed by atoms with E-state index >= 15 is 0 Å². The van der Waals surface area contributed by atoms with E-state index in [-0.39, 0.29) is 21.6 Å². The molecule has 0 radical (unpaired) electrons. The van der Waals surface area contributed by atoms with Gasteiger partial charge in [-0.3, -0.25) is 19.8 Å². The van der Waals surface area contributed by atoms with Gasteiger partial charge in [0.25, 0.3) is 5.91 Å². The lowest BCUT2D eigenvalue weighted by atomic mass is 9.91. The van der Waals surface area contributed by atoms with Crippen LogP contribution >= 0.6 is 23.2 Å². The number of hydrazine groups is 1. The molecular formula is C19H12Cl2N6O5. The van der Waals surface area contributed by atoms with Crippen LogP contribution in [-0.4, -0.2) is 34.3 Å². The first kappa shape index (κ1) is 21.4. The lowest BCUT2D eigenvalue weighted by molar-refractivity contribution is -0.139. The number of oxazole rings is 1. The molecule has 2 aromatic carbocycles. The summed E-state index contributed by atoms with van der Waals surface area (Å²) in [5.41, 5.74) is 3.93. The smallest absolute Gasteiger partial charge is 0.349 e. The van der Waals surface area contributed by atoms with Crippen molar-refractivity contribution in [1.29, 1.82) is 0 Å². The summed E-state index contributed by atoms with van der Waals surface area (Å²) in [7, 11) is 0. The second kappa shape index (κ2) is 8.38. The Bertz CT molecular complexity index is 1290. The van der Waals surface area contributed by atoms with Crippen molar-refractivity contribution < 1.29 is 23.6 Å². The predicted octanol–water partition coefficient (Wildman–Crippen LogP) is 1.89. The van der Waals surface area contributed by atoms with E-state index in [9.17, 15) is 19.2 Å². The van der Waals surface area contributed by atoms with Crippen molar-refractivity contribution in [3.05, 3.63) is 58.4 Å². The van der Waals surface area contributed by atoms with Crippen LogP contribution in [0.25, 0.3) is 11.1 Å². The molecule has 4 amide bonds.